The number of fused-ring (bicyclic) bond motifs is 1. The summed E-state index contributed by atoms with van der Waals surface area (Å²) in [7, 11) is 1.64. The minimum atomic E-state index is -0.798. The van der Waals surface area contributed by atoms with Gasteiger partial charge < -0.3 is 15.2 Å². The molecule has 2 rings (SSSR count). The number of rotatable bonds is 8. The van der Waals surface area contributed by atoms with Crippen molar-refractivity contribution in [3.63, 3.8) is 0 Å². The predicted octanol–water partition coefficient (Wildman–Crippen LogP) is 3.58. The van der Waals surface area contributed by atoms with Crippen LogP contribution in [0.1, 0.15) is 31.7 Å². The highest BCUT2D eigenvalue weighted by Crippen LogP contribution is 2.26. The molecule has 0 fully saturated rings. The van der Waals surface area contributed by atoms with Gasteiger partial charge >= 0.3 is 5.97 Å². The van der Waals surface area contributed by atoms with Gasteiger partial charge in [0.25, 0.3) is 0 Å². The number of carboxylic acids is 1. The van der Waals surface area contributed by atoms with Crippen molar-refractivity contribution < 1.29 is 14.6 Å². The van der Waals surface area contributed by atoms with Gasteiger partial charge in [0.2, 0.25) is 0 Å². The van der Waals surface area contributed by atoms with E-state index in [0.29, 0.717) is 13.0 Å². The van der Waals surface area contributed by atoms with Gasteiger partial charge in [0.15, 0.2) is 0 Å². The SMILES string of the molecule is CCCC[C@H](NCc1cc2ccccc2cc1OC)C(=O)O. The average molecular weight is 301 g/mol. The molecule has 0 saturated carbocycles. The number of hydrogen-bond donors (Lipinski definition) is 2. The maximum atomic E-state index is 11.3. The maximum Gasteiger partial charge on any atom is 0.320 e. The van der Waals surface area contributed by atoms with Crippen LogP contribution in [0.25, 0.3) is 10.8 Å². The Morgan fingerprint density at radius 2 is 1.95 bits per heavy atom. The fourth-order valence-corrected chi connectivity index (χ4v) is 2.55. The number of hydrogen-bond acceptors (Lipinski definition) is 3. The molecule has 0 aromatic heterocycles. The van der Waals surface area contributed by atoms with Crippen LogP contribution in [0.3, 0.4) is 0 Å². The summed E-state index contributed by atoms with van der Waals surface area (Å²) in [6.07, 6.45) is 2.53. The molecular weight excluding hydrogens is 278 g/mol. The van der Waals surface area contributed by atoms with Gasteiger partial charge in [0.05, 0.1) is 7.11 Å². The second kappa shape index (κ2) is 7.80. The Kier molecular flexibility index (Phi) is 5.78. The minimum Gasteiger partial charge on any atom is -0.496 e. The Bertz CT molecular complexity index is 639. The van der Waals surface area contributed by atoms with E-state index in [1.165, 1.54) is 0 Å². The lowest BCUT2D eigenvalue weighted by Gasteiger charge is -2.16. The first-order valence-corrected chi connectivity index (χ1v) is 7.67. The largest absolute Gasteiger partial charge is 0.496 e. The zero-order valence-corrected chi connectivity index (χ0v) is 13.1. The number of aliphatic carboxylic acids is 1. The van der Waals surface area contributed by atoms with E-state index in [1.54, 1.807) is 7.11 Å². The molecule has 4 nitrogen and oxygen atoms in total. The fraction of sp³-hybridized carbons (Fsp3) is 0.389. The normalized spacial score (nSPS) is 12.3. The summed E-state index contributed by atoms with van der Waals surface area (Å²) in [5.41, 5.74) is 0.976. The van der Waals surface area contributed by atoms with Gasteiger partial charge in [-0.2, -0.15) is 0 Å². The molecule has 2 aromatic rings. The molecule has 2 aromatic carbocycles. The predicted molar refractivity (Wildman–Crippen MR) is 88.3 cm³/mol. The molecule has 0 unspecified atom stereocenters. The molecular formula is C18H23NO3. The van der Waals surface area contributed by atoms with Crippen LogP contribution in [-0.2, 0) is 11.3 Å². The second-order valence-corrected chi connectivity index (χ2v) is 5.43. The van der Waals surface area contributed by atoms with Crippen LogP contribution in [0.5, 0.6) is 5.75 Å². The van der Waals surface area contributed by atoms with Crippen molar-refractivity contribution in [1.82, 2.24) is 5.32 Å². The van der Waals surface area contributed by atoms with Crippen LogP contribution >= 0.6 is 0 Å². The van der Waals surface area contributed by atoms with Crippen LogP contribution in [0, 0.1) is 0 Å². The first-order valence-electron chi connectivity index (χ1n) is 7.67. The molecule has 2 N–H and O–H groups in total. The molecule has 22 heavy (non-hydrogen) atoms. The molecule has 0 bridgehead atoms. The van der Waals surface area contributed by atoms with E-state index in [9.17, 15) is 9.90 Å². The molecule has 0 heterocycles. The topological polar surface area (TPSA) is 58.6 Å². The number of methoxy groups -OCH3 is 1. The lowest BCUT2D eigenvalue weighted by molar-refractivity contribution is -0.139. The molecule has 0 spiro atoms. The van der Waals surface area contributed by atoms with Crippen molar-refractivity contribution in [2.24, 2.45) is 0 Å². The average Bonchev–Trinajstić information content (AvgIpc) is 2.53. The number of benzene rings is 2. The third-order valence-electron chi connectivity index (χ3n) is 3.83. The number of ether oxygens (including phenoxy) is 1. The van der Waals surface area contributed by atoms with E-state index < -0.39 is 12.0 Å². The van der Waals surface area contributed by atoms with Gasteiger partial charge in [-0.3, -0.25) is 4.79 Å². The van der Waals surface area contributed by atoms with Crippen molar-refractivity contribution >= 4 is 16.7 Å². The summed E-state index contributed by atoms with van der Waals surface area (Å²) in [5.74, 6) is -0.0148. The molecule has 0 amide bonds. The van der Waals surface area contributed by atoms with Crippen LogP contribution in [0.15, 0.2) is 36.4 Å². The highest BCUT2D eigenvalue weighted by molar-refractivity contribution is 5.85. The quantitative estimate of drug-likeness (QED) is 0.782. The molecule has 1 atom stereocenters. The second-order valence-electron chi connectivity index (χ2n) is 5.43. The fourth-order valence-electron chi connectivity index (χ4n) is 2.55. The summed E-state index contributed by atoms with van der Waals surface area (Å²) in [6, 6.07) is 11.6. The highest BCUT2D eigenvalue weighted by Gasteiger charge is 2.16. The van der Waals surface area contributed by atoms with Gasteiger partial charge in [0.1, 0.15) is 11.8 Å². The number of carboxylic acid groups (broad SMARTS) is 1. The van der Waals surface area contributed by atoms with Crippen LogP contribution in [-0.4, -0.2) is 24.2 Å². The maximum absolute atomic E-state index is 11.3. The first-order chi connectivity index (χ1) is 10.7. The van der Waals surface area contributed by atoms with E-state index >= 15 is 0 Å². The van der Waals surface area contributed by atoms with Gasteiger partial charge in [-0.15, -0.1) is 0 Å². The van der Waals surface area contributed by atoms with Crippen LogP contribution in [0.4, 0.5) is 0 Å². The Balaban J connectivity index is 2.17. The zero-order chi connectivity index (χ0) is 15.9. The van der Waals surface area contributed by atoms with Crippen LogP contribution < -0.4 is 10.1 Å². The zero-order valence-electron chi connectivity index (χ0n) is 13.1. The molecule has 0 aliphatic rings. The van der Waals surface area contributed by atoms with E-state index in [0.717, 1.165) is 34.9 Å². The van der Waals surface area contributed by atoms with Crippen molar-refractivity contribution in [1.29, 1.82) is 0 Å². The molecule has 4 heteroatoms. The molecule has 0 radical (unpaired) electrons. The van der Waals surface area contributed by atoms with Gasteiger partial charge in [-0.1, -0.05) is 44.0 Å². The summed E-state index contributed by atoms with van der Waals surface area (Å²) in [4.78, 5) is 11.3. The molecule has 118 valence electrons. The van der Waals surface area contributed by atoms with E-state index in [1.807, 2.05) is 30.3 Å². The van der Waals surface area contributed by atoms with Crippen molar-refractivity contribution in [2.45, 2.75) is 38.8 Å². The standard InChI is InChI=1S/C18H23NO3/c1-3-4-9-16(18(20)21)19-12-15-10-13-7-5-6-8-14(13)11-17(15)22-2/h5-8,10-11,16,19H,3-4,9,12H2,1-2H3,(H,20,21)/t16-/m0/s1. The minimum absolute atomic E-state index is 0.481. The Morgan fingerprint density at radius 1 is 1.27 bits per heavy atom. The lowest BCUT2D eigenvalue weighted by atomic mass is 10.0. The monoisotopic (exact) mass is 301 g/mol. The van der Waals surface area contributed by atoms with E-state index in [-0.39, 0.29) is 0 Å². The number of unbranched alkanes of at least 4 members (excludes halogenated alkanes) is 1. The van der Waals surface area contributed by atoms with Crippen LogP contribution in [0.2, 0.25) is 0 Å². The van der Waals surface area contributed by atoms with E-state index in [4.69, 9.17) is 4.74 Å². The Morgan fingerprint density at radius 3 is 2.55 bits per heavy atom. The van der Waals surface area contributed by atoms with E-state index in [2.05, 4.69) is 18.3 Å². The summed E-state index contributed by atoms with van der Waals surface area (Å²) in [5, 5.41) is 14.7. The van der Waals surface area contributed by atoms with Crippen molar-refractivity contribution in [2.75, 3.05) is 7.11 Å². The number of carbonyl (C=O) groups is 1. The van der Waals surface area contributed by atoms with Gasteiger partial charge in [0, 0.05) is 12.1 Å². The summed E-state index contributed by atoms with van der Waals surface area (Å²) in [6.45, 7) is 2.54. The Hall–Kier alpha value is -2.07. The first kappa shape index (κ1) is 16.3. The third-order valence-corrected chi connectivity index (χ3v) is 3.83. The highest BCUT2D eigenvalue weighted by atomic mass is 16.5. The molecule has 0 aliphatic heterocycles. The van der Waals surface area contributed by atoms with Crippen molar-refractivity contribution in [3.05, 3.63) is 42.0 Å². The summed E-state index contributed by atoms with van der Waals surface area (Å²) >= 11 is 0. The lowest BCUT2D eigenvalue weighted by Crippen LogP contribution is -2.36. The van der Waals surface area contributed by atoms with Crippen molar-refractivity contribution in [3.8, 4) is 5.75 Å². The molecule has 0 aliphatic carbocycles. The van der Waals surface area contributed by atoms with Gasteiger partial charge in [-0.25, -0.2) is 0 Å². The third kappa shape index (κ3) is 3.98. The smallest absolute Gasteiger partial charge is 0.320 e. The molecule has 0 saturated heterocycles. The van der Waals surface area contributed by atoms with Gasteiger partial charge in [-0.05, 0) is 29.3 Å². The summed E-state index contributed by atoms with van der Waals surface area (Å²) < 4.78 is 5.44. The number of nitrogens with one attached hydrogen (secondary N) is 1. The Labute approximate surface area is 131 Å².